The average molecular weight is 241 g/mol. The van der Waals surface area contributed by atoms with E-state index < -0.39 is 23.1 Å². The van der Waals surface area contributed by atoms with Gasteiger partial charge in [-0.05, 0) is 37.8 Å². The smallest absolute Gasteiger partial charge is 0.329 e. The number of benzene rings is 1. The molecule has 1 fully saturated rings. The molecule has 1 aromatic rings. The van der Waals surface area contributed by atoms with E-state index in [1.165, 1.54) is 19.1 Å². The molecule has 92 valence electrons. The Balaban J connectivity index is 2.29. The summed E-state index contributed by atoms with van der Waals surface area (Å²) >= 11 is 0. The van der Waals surface area contributed by atoms with Gasteiger partial charge in [-0.25, -0.2) is 13.6 Å². The number of hydrogen-bond donors (Lipinski definition) is 2. The summed E-state index contributed by atoms with van der Waals surface area (Å²) < 4.78 is 26.5. The maximum absolute atomic E-state index is 13.4. The van der Waals surface area contributed by atoms with E-state index in [-0.39, 0.29) is 11.6 Å². The van der Waals surface area contributed by atoms with E-state index in [1.807, 2.05) is 0 Å². The Morgan fingerprint density at radius 3 is 2.65 bits per heavy atom. The molecule has 2 N–H and O–H groups in total. The summed E-state index contributed by atoms with van der Waals surface area (Å²) in [5, 5.41) is 11.8. The molecule has 1 saturated carbocycles. The third kappa shape index (κ3) is 2.09. The average Bonchev–Trinajstić information content (AvgIpc) is 3.08. The van der Waals surface area contributed by atoms with Crippen LogP contribution in [0.25, 0.3) is 0 Å². The van der Waals surface area contributed by atoms with Gasteiger partial charge < -0.3 is 10.4 Å². The van der Waals surface area contributed by atoms with Crippen LogP contribution in [0.5, 0.6) is 0 Å². The Labute approximate surface area is 97.5 Å². The maximum atomic E-state index is 13.4. The third-order valence-corrected chi connectivity index (χ3v) is 3.18. The molecule has 17 heavy (non-hydrogen) atoms. The zero-order valence-corrected chi connectivity index (χ0v) is 9.34. The summed E-state index contributed by atoms with van der Waals surface area (Å²) in [5.41, 5.74) is -1.35. The molecule has 5 heteroatoms. The molecule has 0 radical (unpaired) electrons. The number of hydrogen-bond acceptors (Lipinski definition) is 2. The number of aliphatic carboxylic acids is 1. The van der Waals surface area contributed by atoms with Crippen molar-refractivity contribution in [3.8, 4) is 0 Å². The molecule has 1 aliphatic carbocycles. The van der Waals surface area contributed by atoms with Gasteiger partial charge in [0.1, 0.15) is 5.54 Å². The standard InChI is InChI=1S/C12H13F2NO2/c1-12(11(16)17,7-5-6-7)15-9-4-2-3-8(13)10(9)14/h2-4,7,15H,5-6H2,1H3,(H,16,17). The van der Waals surface area contributed by atoms with Crippen molar-refractivity contribution in [1.29, 1.82) is 0 Å². The number of carboxylic acids is 1. The summed E-state index contributed by atoms with van der Waals surface area (Å²) in [7, 11) is 0. The molecule has 0 bridgehead atoms. The molecular weight excluding hydrogens is 228 g/mol. The van der Waals surface area contributed by atoms with Gasteiger partial charge in [-0.2, -0.15) is 0 Å². The van der Waals surface area contributed by atoms with Gasteiger partial charge in [0.2, 0.25) is 0 Å². The highest BCUT2D eigenvalue weighted by Crippen LogP contribution is 2.42. The zero-order valence-electron chi connectivity index (χ0n) is 9.34. The van der Waals surface area contributed by atoms with Crippen LogP contribution < -0.4 is 5.32 Å². The highest BCUT2D eigenvalue weighted by molar-refractivity contribution is 5.83. The normalized spacial score (nSPS) is 18.5. The van der Waals surface area contributed by atoms with Crippen LogP contribution in [0.2, 0.25) is 0 Å². The first-order valence-corrected chi connectivity index (χ1v) is 5.40. The Kier molecular flexibility index (Phi) is 2.77. The van der Waals surface area contributed by atoms with Gasteiger partial charge in [0, 0.05) is 0 Å². The number of anilines is 1. The molecule has 2 rings (SSSR count). The van der Waals surface area contributed by atoms with Crippen LogP contribution in [0.1, 0.15) is 19.8 Å². The molecule has 0 aromatic heterocycles. The van der Waals surface area contributed by atoms with Crippen molar-refractivity contribution >= 4 is 11.7 Å². The predicted molar refractivity (Wildman–Crippen MR) is 58.7 cm³/mol. The monoisotopic (exact) mass is 241 g/mol. The minimum Gasteiger partial charge on any atom is -0.480 e. The molecule has 3 nitrogen and oxygen atoms in total. The van der Waals surface area contributed by atoms with E-state index in [2.05, 4.69) is 5.32 Å². The predicted octanol–water partition coefficient (Wildman–Crippen LogP) is 2.63. The molecule has 0 aliphatic heterocycles. The van der Waals surface area contributed by atoms with Crippen LogP contribution in [0.15, 0.2) is 18.2 Å². The largest absolute Gasteiger partial charge is 0.480 e. The molecule has 1 aromatic carbocycles. The van der Waals surface area contributed by atoms with Gasteiger partial charge in [0.25, 0.3) is 0 Å². The van der Waals surface area contributed by atoms with E-state index in [1.54, 1.807) is 0 Å². The second-order valence-electron chi connectivity index (χ2n) is 4.51. The van der Waals surface area contributed by atoms with E-state index in [0.717, 1.165) is 18.9 Å². The summed E-state index contributed by atoms with van der Waals surface area (Å²) in [5.74, 6) is -3.12. The summed E-state index contributed by atoms with van der Waals surface area (Å²) in [6.45, 7) is 1.50. The van der Waals surface area contributed by atoms with Gasteiger partial charge in [0.05, 0.1) is 5.69 Å². The van der Waals surface area contributed by atoms with Crippen molar-refractivity contribution < 1.29 is 18.7 Å². The SMILES string of the molecule is CC(Nc1cccc(F)c1F)(C(=O)O)C1CC1. The first kappa shape index (κ1) is 11.8. The van der Waals surface area contributed by atoms with Crippen LogP contribution in [0.4, 0.5) is 14.5 Å². The van der Waals surface area contributed by atoms with E-state index in [9.17, 15) is 18.7 Å². The van der Waals surface area contributed by atoms with Crippen LogP contribution in [-0.2, 0) is 4.79 Å². The molecule has 0 amide bonds. The summed E-state index contributed by atoms with van der Waals surface area (Å²) in [6, 6.07) is 3.67. The number of nitrogens with one attached hydrogen (secondary N) is 1. The lowest BCUT2D eigenvalue weighted by Crippen LogP contribution is -2.45. The number of rotatable bonds is 4. The van der Waals surface area contributed by atoms with E-state index >= 15 is 0 Å². The molecule has 0 spiro atoms. The second kappa shape index (κ2) is 3.98. The van der Waals surface area contributed by atoms with Crippen molar-refractivity contribution in [3.63, 3.8) is 0 Å². The van der Waals surface area contributed by atoms with Crippen molar-refractivity contribution in [2.75, 3.05) is 5.32 Å². The molecule has 1 unspecified atom stereocenters. The highest BCUT2D eigenvalue weighted by Gasteiger charge is 2.47. The first-order chi connectivity index (χ1) is 7.95. The summed E-state index contributed by atoms with van der Waals surface area (Å²) in [4.78, 5) is 11.2. The van der Waals surface area contributed by atoms with Gasteiger partial charge in [-0.3, -0.25) is 0 Å². The van der Waals surface area contributed by atoms with Crippen molar-refractivity contribution in [2.24, 2.45) is 5.92 Å². The van der Waals surface area contributed by atoms with Crippen molar-refractivity contribution in [3.05, 3.63) is 29.8 Å². The second-order valence-corrected chi connectivity index (χ2v) is 4.51. The topological polar surface area (TPSA) is 49.3 Å². The lowest BCUT2D eigenvalue weighted by molar-refractivity contribution is -0.142. The van der Waals surface area contributed by atoms with Crippen LogP contribution in [0, 0.1) is 17.6 Å². The Morgan fingerprint density at radius 1 is 1.47 bits per heavy atom. The first-order valence-electron chi connectivity index (χ1n) is 5.40. The number of carbonyl (C=O) groups is 1. The molecule has 0 saturated heterocycles. The molecule has 1 atom stereocenters. The fourth-order valence-corrected chi connectivity index (χ4v) is 1.87. The van der Waals surface area contributed by atoms with Crippen LogP contribution in [-0.4, -0.2) is 16.6 Å². The van der Waals surface area contributed by atoms with Crippen molar-refractivity contribution in [2.45, 2.75) is 25.3 Å². The lowest BCUT2D eigenvalue weighted by Gasteiger charge is -2.27. The van der Waals surface area contributed by atoms with Gasteiger partial charge in [-0.15, -0.1) is 0 Å². The van der Waals surface area contributed by atoms with Gasteiger partial charge in [-0.1, -0.05) is 6.07 Å². The Hall–Kier alpha value is -1.65. The van der Waals surface area contributed by atoms with Crippen LogP contribution >= 0.6 is 0 Å². The van der Waals surface area contributed by atoms with E-state index in [4.69, 9.17) is 0 Å². The number of halogens is 2. The van der Waals surface area contributed by atoms with Gasteiger partial charge in [0.15, 0.2) is 11.6 Å². The molecule has 1 aliphatic rings. The van der Waals surface area contributed by atoms with E-state index in [0.29, 0.717) is 0 Å². The maximum Gasteiger partial charge on any atom is 0.329 e. The Morgan fingerprint density at radius 2 is 2.12 bits per heavy atom. The molecule has 0 heterocycles. The lowest BCUT2D eigenvalue weighted by atomic mass is 9.95. The minimum atomic E-state index is -1.24. The van der Waals surface area contributed by atoms with Crippen molar-refractivity contribution in [1.82, 2.24) is 0 Å². The highest BCUT2D eigenvalue weighted by atomic mass is 19.2. The summed E-state index contributed by atoms with van der Waals surface area (Å²) in [6.07, 6.45) is 1.57. The zero-order chi connectivity index (χ0) is 12.6. The fourth-order valence-electron chi connectivity index (χ4n) is 1.87. The quantitative estimate of drug-likeness (QED) is 0.851. The fraction of sp³-hybridized carbons (Fsp3) is 0.417. The molecular formula is C12H13F2NO2. The van der Waals surface area contributed by atoms with Crippen LogP contribution in [0.3, 0.4) is 0 Å². The minimum absolute atomic E-state index is 0.0392. The Bertz CT molecular complexity index is 460. The number of carboxylic acid groups (broad SMARTS) is 1. The third-order valence-electron chi connectivity index (χ3n) is 3.18. The van der Waals surface area contributed by atoms with Gasteiger partial charge >= 0.3 is 5.97 Å².